The lowest BCUT2D eigenvalue weighted by Gasteiger charge is -2.42. The fourth-order valence-electron chi connectivity index (χ4n) is 3.61. The minimum Gasteiger partial charge on any atom is -0.365 e. The van der Waals surface area contributed by atoms with Gasteiger partial charge in [0.15, 0.2) is 0 Å². The lowest BCUT2D eigenvalue weighted by Crippen LogP contribution is -2.49. The number of hydrogen-bond acceptors (Lipinski definition) is 3. The monoisotopic (exact) mass is 409 g/mol. The van der Waals surface area contributed by atoms with Crippen molar-refractivity contribution in [2.24, 2.45) is 16.9 Å². The van der Waals surface area contributed by atoms with Crippen LogP contribution in [0.4, 0.5) is 4.79 Å². The first-order valence-corrected chi connectivity index (χ1v) is 9.20. The van der Waals surface area contributed by atoms with E-state index in [1.165, 1.54) is 0 Å². The predicted octanol–water partition coefficient (Wildman–Crippen LogP) is 3.44. The van der Waals surface area contributed by atoms with Crippen LogP contribution >= 0.6 is 23.2 Å². The summed E-state index contributed by atoms with van der Waals surface area (Å²) >= 11 is 12.1. The van der Waals surface area contributed by atoms with E-state index in [4.69, 9.17) is 34.7 Å². The second kappa shape index (κ2) is 6.73. The molecule has 1 atom stereocenters. The second-order valence-electron chi connectivity index (χ2n) is 7.63. The molecule has 3 rings (SSSR count). The summed E-state index contributed by atoms with van der Waals surface area (Å²) in [6.45, 7) is 6.72. The molecule has 0 saturated heterocycles. The average molecular weight is 410 g/mol. The van der Waals surface area contributed by atoms with Gasteiger partial charge in [-0.15, -0.1) is 0 Å². The summed E-state index contributed by atoms with van der Waals surface area (Å²) in [7, 11) is 0. The number of halogens is 2. The lowest BCUT2D eigenvalue weighted by molar-refractivity contribution is 0.0899. The van der Waals surface area contributed by atoms with Gasteiger partial charge in [-0.2, -0.15) is 5.10 Å². The first kappa shape index (κ1) is 19.5. The van der Waals surface area contributed by atoms with E-state index in [9.17, 15) is 9.59 Å². The first-order chi connectivity index (χ1) is 12.5. The number of aromatic nitrogens is 2. The zero-order chi connectivity index (χ0) is 20.1. The van der Waals surface area contributed by atoms with Gasteiger partial charge >= 0.3 is 6.03 Å². The molecule has 0 spiro atoms. The molecule has 2 aromatic rings. The molecule has 9 heteroatoms. The van der Waals surface area contributed by atoms with Crippen LogP contribution in [-0.4, -0.2) is 33.2 Å². The van der Waals surface area contributed by atoms with E-state index in [2.05, 4.69) is 5.10 Å². The van der Waals surface area contributed by atoms with Crippen LogP contribution in [0.25, 0.3) is 11.3 Å². The van der Waals surface area contributed by atoms with Gasteiger partial charge in [0.25, 0.3) is 5.91 Å². The Hall–Kier alpha value is -2.25. The van der Waals surface area contributed by atoms with Crippen LogP contribution in [0.2, 0.25) is 10.0 Å². The molecule has 0 saturated carbocycles. The molecule has 2 heterocycles. The Labute approximate surface area is 167 Å². The van der Waals surface area contributed by atoms with Crippen molar-refractivity contribution in [3.63, 3.8) is 0 Å². The SMILES string of the molecule is CC(C)(C)C1c2c(C(N)=O)c(-c3ccc(Cl)c(Cl)c3)nn2CCN1C(N)=O. The van der Waals surface area contributed by atoms with Gasteiger partial charge in [-0.25, -0.2) is 4.79 Å². The summed E-state index contributed by atoms with van der Waals surface area (Å²) in [5.74, 6) is -0.627. The molecule has 0 aliphatic carbocycles. The summed E-state index contributed by atoms with van der Waals surface area (Å²) in [6.07, 6.45) is 0. The maximum absolute atomic E-state index is 12.4. The van der Waals surface area contributed by atoms with Gasteiger partial charge in [-0.05, 0) is 17.5 Å². The first-order valence-electron chi connectivity index (χ1n) is 8.44. The number of primary amides is 2. The van der Waals surface area contributed by atoms with Crippen molar-refractivity contribution in [1.82, 2.24) is 14.7 Å². The molecule has 1 aromatic carbocycles. The van der Waals surface area contributed by atoms with Crippen molar-refractivity contribution in [2.75, 3.05) is 6.54 Å². The molecule has 4 N–H and O–H groups in total. The summed E-state index contributed by atoms with van der Waals surface area (Å²) in [4.78, 5) is 26.0. The zero-order valence-corrected chi connectivity index (χ0v) is 16.8. The lowest BCUT2D eigenvalue weighted by atomic mass is 9.81. The Morgan fingerprint density at radius 1 is 1.15 bits per heavy atom. The van der Waals surface area contributed by atoms with Crippen molar-refractivity contribution in [3.05, 3.63) is 39.5 Å². The normalized spacial score (nSPS) is 16.9. The van der Waals surface area contributed by atoms with Gasteiger partial charge in [0, 0.05) is 12.1 Å². The van der Waals surface area contributed by atoms with Crippen molar-refractivity contribution in [3.8, 4) is 11.3 Å². The van der Waals surface area contributed by atoms with E-state index >= 15 is 0 Å². The van der Waals surface area contributed by atoms with Crippen molar-refractivity contribution in [2.45, 2.75) is 33.4 Å². The topological polar surface area (TPSA) is 107 Å². The fraction of sp³-hybridized carbons (Fsp3) is 0.389. The number of carbonyl (C=O) groups is 2. The molecular weight excluding hydrogens is 389 g/mol. The smallest absolute Gasteiger partial charge is 0.315 e. The second-order valence-corrected chi connectivity index (χ2v) is 8.44. The Kier molecular flexibility index (Phi) is 4.86. The van der Waals surface area contributed by atoms with Crippen LogP contribution in [0.3, 0.4) is 0 Å². The minimum atomic E-state index is -0.627. The number of benzene rings is 1. The number of nitrogens with two attached hydrogens (primary N) is 2. The standard InChI is InChI=1S/C18H21Cl2N5O2/c1-18(2,3)15-14-12(16(21)26)13(9-4-5-10(19)11(20)8-9)23-25(14)7-6-24(15)17(22)27/h4-5,8,15H,6-7H2,1-3H3,(H2,21,26)(H2,22,27). The zero-order valence-electron chi connectivity index (χ0n) is 15.3. The van der Waals surface area contributed by atoms with Crippen LogP contribution < -0.4 is 11.5 Å². The van der Waals surface area contributed by atoms with E-state index in [-0.39, 0.29) is 5.56 Å². The highest BCUT2D eigenvalue weighted by atomic mass is 35.5. The van der Waals surface area contributed by atoms with Crippen LogP contribution in [0.15, 0.2) is 18.2 Å². The maximum Gasteiger partial charge on any atom is 0.315 e. The van der Waals surface area contributed by atoms with Gasteiger partial charge in [-0.1, -0.05) is 50.0 Å². The molecule has 1 aromatic heterocycles. The van der Waals surface area contributed by atoms with Crippen molar-refractivity contribution < 1.29 is 9.59 Å². The Balaban J connectivity index is 2.28. The Bertz CT molecular complexity index is 933. The summed E-state index contributed by atoms with van der Waals surface area (Å²) in [5.41, 5.74) is 12.8. The highest BCUT2D eigenvalue weighted by Gasteiger charge is 2.42. The Morgan fingerprint density at radius 3 is 2.33 bits per heavy atom. The molecule has 7 nitrogen and oxygen atoms in total. The molecule has 0 fully saturated rings. The summed E-state index contributed by atoms with van der Waals surface area (Å²) < 4.78 is 1.73. The van der Waals surface area contributed by atoms with Crippen molar-refractivity contribution in [1.29, 1.82) is 0 Å². The largest absolute Gasteiger partial charge is 0.365 e. The third kappa shape index (κ3) is 3.37. The van der Waals surface area contributed by atoms with Crippen LogP contribution in [0, 0.1) is 5.41 Å². The Morgan fingerprint density at radius 2 is 1.81 bits per heavy atom. The molecule has 0 bridgehead atoms. The van der Waals surface area contributed by atoms with Gasteiger partial charge in [0.05, 0.1) is 33.9 Å². The highest BCUT2D eigenvalue weighted by Crippen LogP contribution is 2.44. The molecule has 1 aliphatic heterocycles. The van der Waals surface area contributed by atoms with Gasteiger partial charge < -0.3 is 16.4 Å². The number of nitrogens with zero attached hydrogens (tertiary/aromatic N) is 3. The quantitative estimate of drug-likeness (QED) is 0.792. The number of rotatable bonds is 2. The molecule has 1 aliphatic rings. The van der Waals surface area contributed by atoms with Crippen LogP contribution in [-0.2, 0) is 6.54 Å². The molecule has 3 amide bonds. The third-order valence-electron chi connectivity index (χ3n) is 4.66. The molecule has 0 radical (unpaired) electrons. The average Bonchev–Trinajstić information content (AvgIpc) is 2.94. The number of urea groups is 1. The molecule has 1 unspecified atom stereocenters. The fourth-order valence-corrected chi connectivity index (χ4v) is 3.90. The van der Waals surface area contributed by atoms with E-state index < -0.39 is 23.4 Å². The minimum absolute atomic E-state index is 0.263. The van der Waals surface area contributed by atoms with E-state index in [0.29, 0.717) is 40.1 Å². The summed E-state index contributed by atoms with van der Waals surface area (Å²) in [5, 5.41) is 5.36. The van der Waals surface area contributed by atoms with E-state index in [1.807, 2.05) is 20.8 Å². The van der Waals surface area contributed by atoms with Crippen LogP contribution in [0.1, 0.15) is 42.9 Å². The number of carbonyl (C=O) groups excluding carboxylic acids is 2. The third-order valence-corrected chi connectivity index (χ3v) is 5.40. The van der Waals surface area contributed by atoms with Gasteiger partial charge in [0.2, 0.25) is 0 Å². The maximum atomic E-state index is 12.4. The van der Waals surface area contributed by atoms with E-state index in [1.54, 1.807) is 27.8 Å². The number of amides is 3. The van der Waals surface area contributed by atoms with Crippen molar-refractivity contribution >= 4 is 35.1 Å². The van der Waals surface area contributed by atoms with Crippen LogP contribution in [0.5, 0.6) is 0 Å². The van der Waals surface area contributed by atoms with E-state index in [0.717, 1.165) is 0 Å². The molecule has 144 valence electrons. The number of fused-ring (bicyclic) bond motifs is 1. The van der Waals surface area contributed by atoms with Gasteiger partial charge in [0.1, 0.15) is 5.69 Å². The summed E-state index contributed by atoms with van der Waals surface area (Å²) in [6, 6.07) is 4.01. The number of hydrogen-bond donors (Lipinski definition) is 2. The van der Waals surface area contributed by atoms with Gasteiger partial charge in [-0.3, -0.25) is 9.48 Å². The molecule has 27 heavy (non-hydrogen) atoms. The predicted molar refractivity (Wildman–Crippen MR) is 105 cm³/mol. The highest BCUT2D eigenvalue weighted by molar-refractivity contribution is 6.42. The molecular formula is C18H21Cl2N5O2.